The number of aromatic nitrogens is 1. The highest BCUT2D eigenvalue weighted by atomic mass is 16.2. The standard InChI is InChI=1S/C20H25N3O2/c1-15(24)23(18-10-6-5-9-17(18)20(2,3)4)13-12-22-19(25)16-8-7-11-21-14-16/h5-11,14H,12-13H2,1-4H3,(H,22,25). The fraction of sp³-hybridized carbons (Fsp3) is 0.350. The topological polar surface area (TPSA) is 62.3 Å². The van der Waals surface area contributed by atoms with Crippen molar-refractivity contribution in [2.45, 2.75) is 33.1 Å². The molecule has 0 atom stereocenters. The summed E-state index contributed by atoms with van der Waals surface area (Å²) in [5.41, 5.74) is 2.41. The second-order valence-corrected chi connectivity index (χ2v) is 6.94. The quantitative estimate of drug-likeness (QED) is 0.910. The molecule has 0 radical (unpaired) electrons. The number of amides is 2. The summed E-state index contributed by atoms with van der Waals surface area (Å²) < 4.78 is 0. The first-order chi connectivity index (χ1) is 11.8. The van der Waals surface area contributed by atoms with E-state index in [1.54, 1.807) is 30.2 Å². The Morgan fingerprint density at radius 3 is 2.44 bits per heavy atom. The van der Waals surface area contributed by atoms with Gasteiger partial charge < -0.3 is 10.2 Å². The number of carbonyl (C=O) groups is 2. The summed E-state index contributed by atoms with van der Waals surface area (Å²) in [5, 5.41) is 2.84. The third kappa shape index (κ3) is 4.89. The van der Waals surface area contributed by atoms with Gasteiger partial charge in [-0.3, -0.25) is 14.6 Å². The maximum Gasteiger partial charge on any atom is 0.252 e. The van der Waals surface area contributed by atoms with Crippen molar-refractivity contribution in [1.29, 1.82) is 0 Å². The molecule has 5 nitrogen and oxygen atoms in total. The summed E-state index contributed by atoms with van der Waals surface area (Å²) in [6.45, 7) is 8.68. The SMILES string of the molecule is CC(=O)N(CCNC(=O)c1cccnc1)c1ccccc1C(C)(C)C. The van der Waals surface area contributed by atoms with Crippen LogP contribution in [0, 0.1) is 0 Å². The molecule has 0 spiro atoms. The Kier molecular flexibility index (Phi) is 5.91. The molecule has 0 fully saturated rings. The van der Waals surface area contributed by atoms with Crippen LogP contribution < -0.4 is 10.2 Å². The van der Waals surface area contributed by atoms with E-state index in [1.807, 2.05) is 24.3 Å². The predicted octanol–water partition coefficient (Wildman–Crippen LogP) is 3.16. The number of para-hydroxylation sites is 1. The molecule has 2 amide bonds. The monoisotopic (exact) mass is 339 g/mol. The van der Waals surface area contributed by atoms with Gasteiger partial charge in [-0.25, -0.2) is 0 Å². The van der Waals surface area contributed by atoms with Crippen LogP contribution in [0.1, 0.15) is 43.6 Å². The zero-order valence-corrected chi connectivity index (χ0v) is 15.2. The highest BCUT2D eigenvalue weighted by molar-refractivity contribution is 5.94. The van der Waals surface area contributed by atoms with Gasteiger partial charge in [0.2, 0.25) is 5.91 Å². The van der Waals surface area contributed by atoms with E-state index in [-0.39, 0.29) is 17.2 Å². The van der Waals surface area contributed by atoms with Crippen molar-refractivity contribution in [2.24, 2.45) is 0 Å². The third-order valence-electron chi connectivity index (χ3n) is 3.93. The molecule has 0 saturated carbocycles. The van der Waals surface area contributed by atoms with E-state index in [1.165, 1.54) is 6.20 Å². The zero-order chi connectivity index (χ0) is 18.4. The fourth-order valence-electron chi connectivity index (χ4n) is 2.67. The van der Waals surface area contributed by atoms with Crippen LogP contribution in [-0.2, 0) is 10.2 Å². The molecule has 1 aromatic heterocycles. The number of nitrogens with one attached hydrogen (secondary N) is 1. The van der Waals surface area contributed by atoms with Crippen molar-refractivity contribution in [3.05, 3.63) is 59.9 Å². The molecule has 2 aromatic rings. The Bertz CT molecular complexity index is 736. The van der Waals surface area contributed by atoms with Crippen LogP contribution in [-0.4, -0.2) is 29.9 Å². The van der Waals surface area contributed by atoms with Crippen molar-refractivity contribution >= 4 is 17.5 Å². The van der Waals surface area contributed by atoms with E-state index < -0.39 is 0 Å². The molecule has 0 bridgehead atoms. The average molecular weight is 339 g/mol. The normalized spacial score (nSPS) is 11.0. The van der Waals surface area contributed by atoms with Gasteiger partial charge in [-0.05, 0) is 29.2 Å². The summed E-state index contributed by atoms with van der Waals surface area (Å²) in [6.07, 6.45) is 3.14. The summed E-state index contributed by atoms with van der Waals surface area (Å²) in [7, 11) is 0. The second kappa shape index (κ2) is 7.92. The predicted molar refractivity (Wildman–Crippen MR) is 99.7 cm³/mol. The molecular formula is C20H25N3O2. The van der Waals surface area contributed by atoms with Crippen molar-refractivity contribution in [2.75, 3.05) is 18.0 Å². The Morgan fingerprint density at radius 2 is 1.84 bits per heavy atom. The smallest absolute Gasteiger partial charge is 0.252 e. The van der Waals surface area contributed by atoms with Gasteiger partial charge in [-0.1, -0.05) is 39.0 Å². The third-order valence-corrected chi connectivity index (χ3v) is 3.93. The van der Waals surface area contributed by atoms with Crippen LogP contribution in [0.25, 0.3) is 0 Å². The first-order valence-electron chi connectivity index (χ1n) is 8.36. The number of anilines is 1. The molecule has 1 aromatic carbocycles. The van der Waals surface area contributed by atoms with Crippen LogP contribution >= 0.6 is 0 Å². The van der Waals surface area contributed by atoms with Crippen LogP contribution in [0.3, 0.4) is 0 Å². The molecule has 0 saturated heterocycles. The van der Waals surface area contributed by atoms with Gasteiger partial charge in [0, 0.05) is 38.1 Å². The van der Waals surface area contributed by atoms with E-state index in [9.17, 15) is 9.59 Å². The lowest BCUT2D eigenvalue weighted by molar-refractivity contribution is -0.116. The summed E-state index contributed by atoms with van der Waals surface area (Å²) in [4.78, 5) is 29.9. The highest BCUT2D eigenvalue weighted by Crippen LogP contribution is 2.31. The zero-order valence-electron chi connectivity index (χ0n) is 15.2. The lowest BCUT2D eigenvalue weighted by atomic mass is 9.85. The summed E-state index contributed by atoms with van der Waals surface area (Å²) in [5.74, 6) is -0.243. The minimum Gasteiger partial charge on any atom is -0.350 e. The molecule has 0 aliphatic carbocycles. The van der Waals surface area contributed by atoms with E-state index in [0.29, 0.717) is 18.7 Å². The first kappa shape index (κ1) is 18.6. The van der Waals surface area contributed by atoms with Gasteiger partial charge in [0.15, 0.2) is 0 Å². The lowest BCUT2D eigenvalue weighted by Crippen LogP contribution is -2.38. The lowest BCUT2D eigenvalue weighted by Gasteiger charge is -2.29. The molecule has 132 valence electrons. The fourth-order valence-corrected chi connectivity index (χ4v) is 2.67. The van der Waals surface area contributed by atoms with Gasteiger partial charge >= 0.3 is 0 Å². The molecule has 5 heteroatoms. The minimum atomic E-state index is -0.194. The number of nitrogens with zero attached hydrogens (tertiary/aromatic N) is 2. The first-order valence-corrected chi connectivity index (χ1v) is 8.36. The molecule has 0 aliphatic rings. The minimum absolute atomic E-state index is 0.0488. The molecule has 0 unspecified atom stereocenters. The second-order valence-electron chi connectivity index (χ2n) is 6.94. The summed E-state index contributed by atoms with van der Waals surface area (Å²) >= 11 is 0. The van der Waals surface area contributed by atoms with E-state index in [0.717, 1.165) is 11.3 Å². The van der Waals surface area contributed by atoms with Crippen molar-refractivity contribution in [3.63, 3.8) is 0 Å². The van der Waals surface area contributed by atoms with Crippen molar-refractivity contribution in [1.82, 2.24) is 10.3 Å². The van der Waals surface area contributed by atoms with Crippen LogP contribution in [0.15, 0.2) is 48.8 Å². The van der Waals surface area contributed by atoms with Gasteiger partial charge in [0.25, 0.3) is 5.91 Å². The van der Waals surface area contributed by atoms with E-state index in [2.05, 4.69) is 31.1 Å². The number of benzene rings is 1. The van der Waals surface area contributed by atoms with E-state index >= 15 is 0 Å². The molecule has 0 aliphatic heterocycles. The number of rotatable bonds is 5. The molecule has 2 rings (SSSR count). The maximum atomic E-state index is 12.2. The molecule has 1 heterocycles. The Labute approximate surface area is 149 Å². The number of hydrogen-bond acceptors (Lipinski definition) is 3. The largest absolute Gasteiger partial charge is 0.350 e. The van der Waals surface area contributed by atoms with Gasteiger partial charge in [0.1, 0.15) is 0 Å². The van der Waals surface area contributed by atoms with Gasteiger partial charge in [-0.15, -0.1) is 0 Å². The van der Waals surface area contributed by atoms with Crippen LogP contribution in [0.5, 0.6) is 0 Å². The number of hydrogen-bond donors (Lipinski definition) is 1. The Hall–Kier alpha value is -2.69. The average Bonchev–Trinajstić information content (AvgIpc) is 2.58. The Morgan fingerprint density at radius 1 is 1.12 bits per heavy atom. The van der Waals surface area contributed by atoms with E-state index in [4.69, 9.17) is 0 Å². The van der Waals surface area contributed by atoms with Gasteiger partial charge in [-0.2, -0.15) is 0 Å². The molecule has 1 N–H and O–H groups in total. The van der Waals surface area contributed by atoms with Gasteiger partial charge in [0.05, 0.1) is 5.56 Å². The van der Waals surface area contributed by atoms with Crippen molar-refractivity contribution < 1.29 is 9.59 Å². The van der Waals surface area contributed by atoms with Crippen LogP contribution in [0.4, 0.5) is 5.69 Å². The Balaban J connectivity index is 2.10. The highest BCUT2D eigenvalue weighted by Gasteiger charge is 2.22. The van der Waals surface area contributed by atoms with Crippen molar-refractivity contribution in [3.8, 4) is 0 Å². The summed E-state index contributed by atoms with van der Waals surface area (Å²) in [6, 6.07) is 11.3. The number of pyridine rings is 1. The molecule has 25 heavy (non-hydrogen) atoms. The number of carbonyl (C=O) groups excluding carboxylic acids is 2. The maximum absolute atomic E-state index is 12.2. The van der Waals surface area contributed by atoms with Crippen LogP contribution in [0.2, 0.25) is 0 Å². The molecular weight excluding hydrogens is 314 g/mol.